The number of rotatable bonds is 12. The molecule has 10 heteroatoms. The van der Waals surface area contributed by atoms with Gasteiger partial charge in [0.15, 0.2) is 0 Å². The van der Waals surface area contributed by atoms with Gasteiger partial charge >= 0.3 is 0 Å². The Labute approximate surface area is 248 Å². The molecule has 1 unspecified atom stereocenters. The van der Waals surface area contributed by atoms with Gasteiger partial charge in [0.1, 0.15) is 24.1 Å². The minimum Gasteiger partial charge on any atom is -0.497 e. The third-order valence-electron chi connectivity index (χ3n) is 7.59. The maximum atomic E-state index is 14.1. The van der Waals surface area contributed by atoms with Crippen molar-refractivity contribution in [3.05, 3.63) is 84.4 Å². The zero-order valence-corrected chi connectivity index (χ0v) is 25.2. The van der Waals surface area contributed by atoms with Crippen LogP contribution in [0.2, 0.25) is 0 Å². The summed E-state index contributed by atoms with van der Waals surface area (Å²) >= 11 is 0. The number of sulfonamides is 1. The number of carbonyl (C=O) groups is 2. The second-order valence-corrected chi connectivity index (χ2v) is 12.2. The molecule has 0 spiro atoms. The maximum Gasteiger partial charge on any atom is 0.264 e. The monoisotopic (exact) mass is 593 g/mol. The van der Waals surface area contributed by atoms with E-state index in [-0.39, 0.29) is 29.1 Å². The van der Waals surface area contributed by atoms with E-state index in [4.69, 9.17) is 9.47 Å². The molecule has 0 saturated heterocycles. The van der Waals surface area contributed by atoms with Crippen LogP contribution in [0.4, 0.5) is 5.69 Å². The van der Waals surface area contributed by atoms with E-state index in [1.807, 2.05) is 30.3 Å². The van der Waals surface area contributed by atoms with Crippen LogP contribution in [0.25, 0.3) is 0 Å². The fraction of sp³-hybridized carbons (Fsp3) is 0.375. The Kier molecular flexibility index (Phi) is 10.5. The van der Waals surface area contributed by atoms with Crippen molar-refractivity contribution in [2.75, 3.05) is 25.1 Å². The molecule has 42 heavy (non-hydrogen) atoms. The molecule has 3 aromatic rings. The highest BCUT2D eigenvalue weighted by Crippen LogP contribution is 2.33. The number of ether oxygens (including phenoxy) is 2. The standard InChI is InChI=1S/C32H39N3O6S/c1-24(32(37)33-26-14-8-5-9-15-26)34(22-25-12-6-4-7-13-25)31(36)23-35(29-16-10-11-17-30(29)41-3)42(38,39)28-20-18-27(40-2)19-21-28/h4,6-7,10-13,16-21,24,26H,5,8-9,14-15,22-23H2,1-3H3,(H,33,37). The van der Waals surface area contributed by atoms with Crippen molar-refractivity contribution in [2.24, 2.45) is 0 Å². The van der Waals surface area contributed by atoms with Crippen LogP contribution in [0.15, 0.2) is 83.8 Å². The van der Waals surface area contributed by atoms with Crippen LogP contribution in [-0.4, -0.2) is 58.0 Å². The van der Waals surface area contributed by atoms with Crippen LogP contribution in [-0.2, 0) is 26.2 Å². The van der Waals surface area contributed by atoms with E-state index < -0.39 is 28.5 Å². The van der Waals surface area contributed by atoms with Crippen LogP contribution in [0.5, 0.6) is 11.5 Å². The van der Waals surface area contributed by atoms with Crippen molar-refractivity contribution >= 4 is 27.5 Å². The van der Waals surface area contributed by atoms with Crippen LogP contribution >= 0.6 is 0 Å². The normalized spacial score (nSPS) is 14.5. The molecule has 0 aromatic heterocycles. The molecule has 2 amide bonds. The summed E-state index contributed by atoms with van der Waals surface area (Å²) in [6, 6.07) is 21.2. The van der Waals surface area contributed by atoms with Gasteiger partial charge in [0.25, 0.3) is 10.0 Å². The summed E-state index contributed by atoms with van der Waals surface area (Å²) in [5, 5.41) is 3.11. The van der Waals surface area contributed by atoms with Gasteiger partial charge in [-0.25, -0.2) is 8.42 Å². The summed E-state index contributed by atoms with van der Waals surface area (Å²) in [5.74, 6) is 0.0157. The first-order valence-corrected chi connectivity index (χ1v) is 15.6. The Hall–Kier alpha value is -4.05. The second kappa shape index (κ2) is 14.2. The summed E-state index contributed by atoms with van der Waals surface area (Å²) in [6.07, 6.45) is 5.09. The molecular formula is C32H39N3O6S. The van der Waals surface area contributed by atoms with E-state index in [9.17, 15) is 18.0 Å². The lowest BCUT2D eigenvalue weighted by atomic mass is 9.95. The number of nitrogens with zero attached hydrogens (tertiary/aromatic N) is 2. The number of methoxy groups -OCH3 is 2. The van der Waals surface area contributed by atoms with Crippen LogP contribution in [0.1, 0.15) is 44.6 Å². The van der Waals surface area contributed by atoms with E-state index >= 15 is 0 Å². The van der Waals surface area contributed by atoms with Crippen molar-refractivity contribution in [1.29, 1.82) is 0 Å². The minimum atomic E-state index is -4.23. The predicted molar refractivity (Wildman–Crippen MR) is 162 cm³/mol. The third-order valence-corrected chi connectivity index (χ3v) is 9.37. The van der Waals surface area contributed by atoms with Crippen LogP contribution in [0.3, 0.4) is 0 Å². The number of carbonyl (C=O) groups excluding carboxylic acids is 2. The molecule has 0 aliphatic heterocycles. The SMILES string of the molecule is COc1ccc(S(=O)(=O)N(CC(=O)N(Cc2ccccc2)C(C)C(=O)NC2CCCCC2)c2ccccc2OC)cc1. The minimum absolute atomic E-state index is 0.0142. The zero-order chi connectivity index (χ0) is 30.1. The summed E-state index contributed by atoms with van der Waals surface area (Å²) in [5.41, 5.74) is 1.04. The number of nitrogens with one attached hydrogen (secondary N) is 1. The first-order valence-electron chi connectivity index (χ1n) is 14.2. The van der Waals surface area contributed by atoms with Gasteiger partial charge in [-0.15, -0.1) is 0 Å². The molecule has 0 bridgehead atoms. The van der Waals surface area contributed by atoms with Crippen molar-refractivity contribution in [2.45, 2.75) is 62.6 Å². The average molecular weight is 594 g/mol. The smallest absolute Gasteiger partial charge is 0.264 e. The number of amides is 2. The van der Waals surface area contributed by atoms with Gasteiger partial charge in [-0.1, -0.05) is 61.7 Å². The Balaban J connectivity index is 1.69. The Bertz CT molecular complexity index is 1440. The van der Waals surface area contributed by atoms with Gasteiger partial charge in [-0.2, -0.15) is 0 Å². The van der Waals surface area contributed by atoms with Crippen molar-refractivity contribution < 1.29 is 27.5 Å². The molecule has 0 heterocycles. The number of benzene rings is 3. The molecular weight excluding hydrogens is 554 g/mol. The zero-order valence-electron chi connectivity index (χ0n) is 24.4. The van der Waals surface area contributed by atoms with Gasteiger partial charge in [0.2, 0.25) is 11.8 Å². The van der Waals surface area contributed by atoms with Gasteiger partial charge in [0.05, 0.1) is 24.8 Å². The Morgan fingerprint density at radius 1 is 0.881 bits per heavy atom. The Morgan fingerprint density at radius 3 is 2.17 bits per heavy atom. The fourth-order valence-corrected chi connectivity index (χ4v) is 6.58. The third kappa shape index (κ3) is 7.42. The van der Waals surface area contributed by atoms with E-state index in [1.165, 1.54) is 31.3 Å². The molecule has 1 atom stereocenters. The first kappa shape index (κ1) is 30.9. The Morgan fingerprint density at radius 2 is 1.52 bits per heavy atom. The molecule has 1 aliphatic carbocycles. The molecule has 3 aromatic carbocycles. The van der Waals surface area contributed by atoms with E-state index in [2.05, 4.69) is 5.32 Å². The fourth-order valence-electron chi connectivity index (χ4n) is 5.16. The van der Waals surface area contributed by atoms with Gasteiger partial charge < -0.3 is 19.7 Å². The van der Waals surface area contributed by atoms with E-state index in [0.29, 0.717) is 11.5 Å². The van der Waals surface area contributed by atoms with Crippen molar-refractivity contribution in [1.82, 2.24) is 10.2 Å². The topological polar surface area (TPSA) is 105 Å². The largest absolute Gasteiger partial charge is 0.497 e. The molecule has 9 nitrogen and oxygen atoms in total. The quantitative estimate of drug-likeness (QED) is 0.325. The molecule has 224 valence electrons. The number of hydrogen-bond acceptors (Lipinski definition) is 6. The number of anilines is 1. The highest BCUT2D eigenvalue weighted by molar-refractivity contribution is 7.92. The lowest BCUT2D eigenvalue weighted by molar-refractivity contribution is -0.139. The summed E-state index contributed by atoms with van der Waals surface area (Å²) in [4.78, 5) is 29.0. The molecule has 1 aliphatic rings. The second-order valence-electron chi connectivity index (χ2n) is 10.4. The summed E-state index contributed by atoms with van der Waals surface area (Å²) in [6.45, 7) is 1.29. The predicted octanol–water partition coefficient (Wildman–Crippen LogP) is 4.77. The van der Waals surface area contributed by atoms with Gasteiger partial charge in [-0.05, 0) is 61.7 Å². The highest BCUT2D eigenvalue weighted by atomic mass is 32.2. The van der Waals surface area contributed by atoms with Crippen molar-refractivity contribution in [3.63, 3.8) is 0 Å². The van der Waals surface area contributed by atoms with Crippen LogP contribution < -0.4 is 19.1 Å². The summed E-state index contributed by atoms with van der Waals surface area (Å²) < 4.78 is 39.8. The average Bonchev–Trinajstić information content (AvgIpc) is 3.03. The molecule has 0 radical (unpaired) electrons. The molecule has 1 N–H and O–H groups in total. The van der Waals surface area contributed by atoms with Crippen molar-refractivity contribution in [3.8, 4) is 11.5 Å². The molecule has 4 rings (SSSR count). The maximum absolute atomic E-state index is 14.1. The molecule has 1 fully saturated rings. The lowest BCUT2D eigenvalue weighted by Gasteiger charge is -2.33. The highest BCUT2D eigenvalue weighted by Gasteiger charge is 2.34. The first-order chi connectivity index (χ1) is 20.2. The number of hydrogen-bond donors (Lipinski definition) is 1. The lowest BCUT2D eigenvalue weighted by Crippen LogP contribution is -2.53. The number of para-hydroxylation sites is 2. The van der Waals surface area contributed by atoms with Gasteiger partial charge in [-0.3, -0.25) is 13.9 Å². The van der Waals surface area contributed by atoms with Crippen LogP contribution in [0, 0.1) is 0 Å². The molecule has 1 saturated carbocycles. The van der Waals surface area contributed by atoms with Gasteiger partial charge in [0, 0.05) is 12.6 Å². The summed E-state index contributed by atoms with van der Waals surface area (Å²) in [7, 11) is -1.29. The van der Waals surface area contributed by atoms with E-state index in [0.717, 1.165) is 42.0 Å². The van der Waals surface area contributed by atoms with E-state index in [1.54, 1.807) is 43.3 Å².